The van der Waals surface area contributed by atoms with Crippen molar-refractivity contribution in [2.75, 3.05) is 6.61 Å². The molecule has 2 nitrogen and oxygen atoms in total. The number of rotatable bonds is 1. The largest absolute Gasteiger partial charge is 1.00 e. The summed E-state index contributed by atoms with van der Waals surface area (Å²) in [4.78, 5) is 0. The first kappa shape index (κ1) is 10.8. The molecule has 0 saturated carbocycles. The molecule has 0 aromatic rings. The van der Waals surface area contributed by atoms with E-state index in [-0.39, 0.29) is 29.6 Å². The fraction of sp³-hybridized carbons (Fsp3) is 1.00. The van der Waals surface area contributed by atoms with Crippen LogP contribution in [0.25, 0.3) is 0 Å². The minimum atomic E-state index is -1.01. The van der Waals surface area contributed by atoms with Crippen LogP contribution in [0.1, 0.15) is 13.8 Å². The van der Waals surface area contributed by atoms with Gasteiger partial charge in [0.2, 0.25) is 0 Å². The minimum absolute atomic E-state index is 0. The second kappa shape index (κ2) is 3.87. The Kier molecular flexibility index (Phi) is 5.98. The summed E-state index contributed by atoms with van der Waals surface area (Å²) in [7, 11) is 0. The number of hydrogen-bond acceptors (Lipinski definition) is 2. The van der Waals surface area contributed by atoms with Crippen molar-refractivity contribution >= 4 is 0 Å². The van der Waals surface area contributed by atoms with E-state index >= 15 is 0 Å². The molecule has 0 amide bonds. The normalized spacial score (nSPS) is 10.3. The van der Waals surface area contributed by atoms with Crippen LogP contribution in [0.4, 0.5) is 0 Å². The fourth-order valence-corrected chi connectivity index (χ4v) is 0. The maximum atomic E-state index is 9.70. The van der Waals surface area contributed by atoms with Gasteiger partial charge in [0.15, 0.2) is 0 Å². The smallest absolute Gasteiger partial charge is 0.852 e. The Balaban J connectivity index is 0. The Morgan fingerprint density at radius 3 is 1.71 bits per heavy atom. The number of hydrogen-bond donors (Lipinski definition) is 1. The van der Waals surface area contributed by atoms with Crippen LogP contribution < -0.4 is 34.7 Å². The Bertz CT molecular complexity index is 39.4. The van der Waals surface area contributed by atoms with Crippen LogP contribution in [0.5, 0.6) is 0 Å². The van der Waals surface area contributed by atoms with E-state index in [1.54, 1.807) is 0 Å². The molecule has 38 valence electrons. The van der Waals surface area contributed by atoms with Crippen LogP contribution >= 0.6 is 0 Å². The summed E-state index contributed by atoms with van der Waals surface area (Å²) in [6.07, 6.45) is 0. The molecule has 0 fully saturated rings. The third-order valence-corrected chi connectivity index (χ3v) is 0.353. The summed E-state index contributed by atoms with van der Waals surface area (Å²) in [5.41, 5.74) is -1.01. The zero-order valence-electron chi connectivity index (χ0n) is 5.06. The Hall–Kier alpha value is 0.920. The molecular formula is C4H9NaO2. The summed E-state index contributed by atoms with van der Waals surface area (Å²) < 4.78 is 0. The van der Waals surface area contributed by atoms with Gasteiger partial charge in [0.1, 0.15) is 0 Å². The van der Waals surface area contributed by atoms with Crippen LogP contribution in [0.2, 0.25) is 0 Å². The molecule has 0 heterocycles. The molecule has 0 aromatic carbocycles. The van der Waals surface area contributed by atoms with Gasteiger partial charge >= 0.3 is 29.6 Å². The molecule has 0 aliphatic heterocycles. The van der Waals surface area contributed by atoms with Gasteiger partial charge in [-0.3, -0.25) is 0 Å². The van der Waals surface area contributed by atoms with E-state index in [9.17, 15) is 5.11 Å². The molecule has 0 atom stereocenters. The molecule has 0 aliphatic carbocycles. The molecule has 7 heavy (non-hydrogen) atoms. The Morgan fingerprint density at radius 1 is 1.57 bits per heavy atom. The molecule has 0 aromatic heterocycles. The van der Waals surface area contributed by atoms with Crippen molar-refractivity contribution in [1.29, 1.82) is 0 Å². The summed E-state index contributed by atoms with van der Waals surface area (Å²) in [5, 5.41) is 18.2. The van der Waals surface area contributed by atoms with E-state index in [1.165, 1.54) is 13.8 Å². The SMILES string of the molecule is CC(C)(O)C[O-].[Na+]. The molecule has 0 unspecified atom stereocenters. The molecule has 0 bridgehead atoms. The van der Waals surface area contributed by atoms with Crippen LogP contribution in [-0.4, -0.2) is 17.3 Å². The van der Waals surface area contributed by atoms with E-state index in [4.69, 9.17) is 5.11 Å². The van der Waals surface area contributed by atoms with Gasteiger partial charge in [0.25, 0.3) is 0 Å². The zero-order valence-corrected chi connectivity index (χ0v) is 7.06. The van der Waals surface area contributed by atoms with Gasteiger partial charge in [-0.15, -0.1) is 6.61 Å². The Labute approximate surface area is 65.8 Å². The maximum Gasteiger partial charge on any atom is 1.00 e. The van der Waals surface area contributed by atoms with E-state index in [2.05, 4.69) is 0 Å². The van der Waals surface area contributed by atoms with E-state index in [0.717, 1.165) is 0 Å². The zero-order chi connectivity index (χ0) is 5.21. The van der Waals surface area contributed by atoms with Crippen molar-refractivity contribution in [2.24, 2.45) is 0 Å². The van der Waals surface area contributed by atoms with E-state index in [0.29, 0.717) is 0 Å². The molecule has 0 spiro atoms. The van der Waals surface area contributed by atoms with Gasteiger partial charge in [0, 0.05) is 5.60 Å². The minimum Gasteiger partial charge on any atom is -0.852 e. The van der Waals surface area contributed by atoms with Gasteiger partial charge < -0.3 is 10.2 Å². The third kappa shape index (κ3) is 10.9. The second-order valence-corrected chi connectivity index (χ2v) is 1.96. The molecule has 0 radical (unpaired) electrons. The first-order valence-corrected chi connectivity index (χ1v) is 1.87. The third-order valence-electron chi connectivity index (χ3n) is 0.353. The predicted molar refractivity (Wildman–Crippen MR) is 21.2 cm³/mol. The Morgan fingerprint density at radius 2 is 1.71 bits per heavy atom. The monoisotopic (exact) mass is 112 g/mol. The molecule has 0 aliphatic rings. The summed E-state index contributed by atoms with van der Waals surface area (Å²) in [5.74, 6) is 0. The van der Waals surface area contributed by atoms with Crippen LogP contribution in [0, 0.1) is 0 Å². The second-order valence-electron chi connectivity index (χ2n) is 1.96. The van der Waals surface area contributed by atoms with Crippen LogP contribution in [-0.2, 0) is 0 Å². The fourth-order valence-electron chi connectivity index (χ4n) is 0. The van der Waals surface area contributed by atoms with Crippen molar-refractivity contribution in [2.45, 2.75) is 19.4 Å². The standard InChI is InChI=1S/C4H9O2.Na/c1-4(2,6)3-5;/h6H,3H2,1-2H3;/q-1;+1. The van der Waals surface area contributed by atoms with E-state index < -0.39 is 12.2 Å². The van der Waals surface area contributed by atoms with Gasteiger partial charge in [-0.25, -0.2) is 0 Å². The van der Waals surface area contributed by atoms with Gasteiger partial charge in [-0.1, -0.05) is 0 Å². The van der Waals surface area contributed by atoms with Gasteiger partial charge in [-0.2, -0.15) is 0 Å². The first-order valence-electron chi connectivity index (χ1n) is 1.87. The van der Waals surface area contributed by atoms with Crippen molar-refractivity contribution in [1.82, 2.24) is 0 Å². The average Bonchev–Trinajstić information content (AvgIpc) is 1.35. The van der Waals surface area contributed by atoms with Crippen molar-refractivity contribution in [3.05, 3.63) is 0 Å². The van der Waals surface area contributed by atoms with Gasteiger partial charge in [-0.05, 0) is 13.8 Å². The molecule has 1 N–H and O–H groups in total. The molecular weight excluding hydrogens is 103 g/mol. The quantitative estimate of drug-likeness (QED) is 0.353. The van der Waals surface area contributed by atoms with Crippen molar-refractivity contribution in [3.63, 3.8) is 0 Å². The van der Waals surface area contributed by atoms with Crippen LogP contribution in [0.15, 0.2) is 0 Å². The molecule has 0 saturated heterocycles. The van der Waals surface area contributed by atoms with Crippen molar-refractivity contribution in [3.8, 4) is 0 Å². The molecule has 3 heteroatoms. The summed E-state index contributed by atoms with van der Waals surface area (Å²) in [6, 6.07) is 0. The summed E-state index contributed by atoms with van der Waals surface area (Å²) >= 11 is 0. The van der Waals surface area contributed by atoms with Crippen molar-refractivity contribution < 1.29 is 39.8 Å². The number of aliphatic hydroxyl groups is 1. The predicted octanol–water partition coefficient (Wildman–Crippen LogP) is -3.88. The topological polar surface area (TPSA) is 43.3 Å². The molecule has 0 rings (SSSR count). The summed E-state index contributed by atoms with van der Waals surface area (Å²) in [6.45, 7) is 2.55. The van der Waals surface area contributed by atoms with Gasteiger partial charge in [0.05, 0.1) is 0 Å². The average molecular weight is 112 g/mol. The first-order chi connectivity index (χ1) is 2.56. The van der Waals surface area contributed by atoms with E-state index in [1.807, 2.05) is 0 Å². The maximum absolute atomic E-state index is 9.70. The van der Waals surface area contributed by atoms with Crippen LogP contribution in [0.3, 0.4) is 0 Å².